The molecule has 0 aliphatic heterocycles. The van der Waals surface area contributed by atoms with Gasteiger partial charge in [0.25, 0.3) is 0 Å². The molecular weight excluding hydrogens is 332 g/mol. The van der Waals surface area contributed by atoms with E-state index in [1.807, 2.05) is 19.9 Å². The summed E-state index contributed by atoms with van der Waals surface area (Å²) in [6.45, 7) is 3.86. The normalized spacial score (nSPS) is 11.7. The fraction of sp³-hybridized carbons (Fsp3) is 0.444. The number of hydrogen-bond donors (Lipinski definition) is 1. The summed E-state index contributed by atoms with van der Waals surface area (Å²) in [6.07, 6.45) is 0.134. The van der Waals surface area contributed by atoms with Crippen molar-refractivity contribution in [2.75, 3.05) is 0 Å². The Hall–Kier alpha value is 0.130. The molecule has 1 aromatic heterocycles. The van der Waals surface area contributed by atoms with Crippen molar-refractivity contribution >= 4 is 49.2 Å². The van der Waals surface area contributed by atoms with Gasteiger partial charge in [0.2, 0.25) is 0 Å². The van der Waals surface area contributed by atoms with Crippen LogP contribution in [0.25, 0.3) is 0 Å². The molecule has 0 saturated carbocycles. The lowest BCUT2D eigenvalue weighted by atomic mass is 9.83. The van der Waals surface area contributed by atoms with Crippen molar-refractivity contribution in [3.8, 4) is 0 Å². The predicted molar refractivity (Wildman–Crippen MR) is 65.0 cm³/mol. The first-order valence-electron chi connectivity index (χ1n) is 4.00. The first kappa shape index (κ1) is 12.2. The molecule has 0 saturated heterocycles. The van der Waals surface area contributed by atoms with Crippen LogP contribution in [0, 0.1) is 0 Å². The molecular formula is C9H10Br2O2S. The van der Waals surface area contributed by atoms with Crippen molar-refractivity contribution in [3.05, 3.63) is 19.2 Å². The number of rotatable bonds is 3. The van der Waals surface area contributed by atoms with Gasteiger partial charge in [0.1, 0.15) is 0 Å². The average Bonchev–Trinajstić information content (AvgIpc) is 2.27. The van der Waals surface area contributed by atoms with Gasteiger partial charge in [-0.25, -0.2) is 0 Å². The van der Waals surface area contributed by atoms with E-state index in [0.29, 0.717) is 0 Å². The number of carboxylic acid groups (broad SMARTS) is 1. The van der Waals surface area contributed by atoms with E-state index in [-0.39, 0.29) is 11.8 Å². The molecule has 1 aromatic rings. The Labute approximate surface area is 104 Å². The summed E-state index contributed by atoms with van der Waals surface area (Å²) in [5.74, 6) is -0.774. The molecule has 0 fully saturated rings. The van der Waals surface area contributed by atoms with Gasteiger partial charge in [0.15, 0.2) is 0 Å². The van der Waals surface area contributed by atoms with E-state index < -0.39 is 5.97 Å². The molecule has 0 amide bonds. The molecule has 0 unspecified atom stereocenters. The van der Waals surface area contributed by atoms with Crippen LogP contribution in [-0.2, 0) is 10.2 Å². The van der Waals surface area contributed by atoms with Crippen molar-refractivity contribution < 1.29 is 9.90 Å². The third-order valence-corrected chi connectivity index (χ3v) is 4.32. The molecule has 0 spiro atoms. The Morgan fingerprint density at radius 3 is 2.50 bits per heavy atom. The van der Waals surface area contributed by atoms with Crippen molar-refractivity contribution in [1.82, 2.24) is 0 Å². The van der Waals surface area contributed by atoms with E-state index in [0.717, 1.165) is 13.1 Å². The first-order chi connectivity index (χ1) is 6.33. The molecule has 0 aliphatic carbocycles. The van der Waals surface area contributed by atoms with Crippen molar-refractivity contribution in [1.29, 1.82) is 0 Å². The summed E-state index contributed by atoms with van der Waals surface area (Å²) in [4.78, 5) is 10.7. The quantitative estimate of drug-likeness (QED) is 0.901. The largest absolute Gasteiger partial charge is 0.481 e. The SMILES string of the molecule is CC(C)(CC(=O)O)c1cc(Br)sc1Br. The highest BCUT2D eigenvalue weighted by atomic mass is 79.9. The Morgan fingerprint density at radius 2 is 2.14 bits per heavy atom. The highest BCUT2D eigenvalue weighted by Gasteiger charge is 2.27. The van der Waals surface area contributed by atoms with E-state index in [4.69, 9.17) is 5.11 Å². The average molecular weight is 342 g/mol. The number of thiophene rings is 1. The molecule has 0 atom stereocenters. The van der Waals surface area contributed by atoms with Gasteiger partial charge in [-0.05, 0) is 43.5 Å². The molecule has 0 bridgehead atoms. The Balaban J connectivity index is 3.02. The molecule has 0 aromatic carbocycles. The molecule has 1 rings (SSSR count). The Kier molecular flexibility index (Phi) is 3.77. The van der Waals surface area contributed by atoms with E-state index in [1.54, 1.807) is 11.3 Å². The standard InChI is InChI=1S/C9H10Br2O2S/c1-9(2,4-7(12)13)5-3-6(10)14-8(5)11/h3H,4H2,1-2H3,(H,12,13). The minimum atomic E-state index is -0.774. The molecule has 78 valence electrons. The number of carbonyl (C=O) groups is 1. The maximum absolute atomic E-state index is 10.7. The Morgan fingerprint density at radius 1 is 1.57 bits per heavy atom. The van der Waals surface area contributed by atoms with Gasteiger partial charge in [0, 0.05) is 5.41 Å². The number of hydrogen-bond acceptors (Lipinski definition) is 2. The maximum atomic E-state index is 10.7. The Bertz CT molecular complexity index is 358. The van der Waals surface area contributed by atoms with Crippen molar-refractivity contribution in [3.63, 3.8) is 0 Å². The van der Waals surface area contributed by atoms with Crippen LogP contribution in [-0.4, -0.2) is 11.1 Å². The van der Waals surface area contributed by atoms with Gasteiger partial charge < -0.3 is 5.11 Å². The molecule has 1 heterocycles. The zero-order valence-corrected chi connectivity index (χ0v) is 11.8. The second-order valence-electron chi connectivity index (χ2n) is 3.69. The summed E-state index contributed by atoms with van der Waals surface area (Å²) in [5.41, 5.74) is 0.699. The lowest BCUT2D eigenvalue weighted by Crippen LogP contribution is -2.21. The number of aliphatic carboxylic acids is 1. The lowest BCUT2D eigenvalue weighted by Gasteiger charge is -2.21. The van der Waals surface area contributed by atoms with Crippen LogP contribution in [0.15, 0.2) is 13.6 Å². The highest BCUT2D eigenvalue weighted by Crippen LogP contribution is 2.40. The second kappa shape index (κ2) is 4.33. The summed E-state index contributed by atoms with van der Waals surface area (Å²) >= 11 is 8.38. The summed E-state index contributed by atoms with van der Waals surface area (Å²) in [5, 5.41) is 8.78. The van der Waals surface area contributed by atoms with Crippen LogP contribution in [0.2, 0.25) is 0 Å². The highest BCUT2D eigenvalue weighted by molar-refractivity contribution is 9.12. The number of carboxylic acids is 1. The van der Waals surface area contributed by atoms with Crippen LogP contribution in [0.4, 0.5) is 0 Å². The fourth-order valence-corrected chi connectivity index (χ4v) is 4.61. The van der Waals surface area contributed by atoms with Crippen LogP contribution in [0.5, 0.6) is 0 Å². The summed E-state index contributed by atoms with van der Waals surface area (Å²) in [6, 6.07) is 1.97. The third-order valence-electron chi connectivity index (χ3n) is 1.98. The summed E-state index contributed by atoms with van der Waals surface area (Å²) in [7, 11) is 0. The number of halogens is 2. The van der Waals surface area contributed by atoms with Gasteiger partial charge in [-0.2, -0.15) is 0 Å². The van der Waals surface area contributed by atoms with Crippen LogP contribution >= 0.6 is 43.2 Å². The predicted octanol–water partition coefficient (Wildman–Crippen LogP) is 4.03. The molecule has 14 heavy (non-hydrogen) atoms. The zero-order chi connectivity index (χ0) is 10.9. The molecule has 0 aliphatic rings. The first-order valence-corrected chi connectivity index (χ1v) is 6.40. The fourth-order valence-electron chi connectivity index (χ4n) is 1.27. The molecule has 5 heteroatoms. The maximum Gasteiger partial charge on any atom is 0.304 e. The monoisotopic (exact) mass is 340 g/mol. The van der Waals surface area contributed by atoms with Crippen LogP contribution in [0.3, 0.4) is 0 Å². The van der Waals surface area contributed by atoms with Crippen LogP contribution < -0.4 is 0 Å². The molecule has 1 N–H and O–H groups in total. The van der Waals surface area contributed by atoms with Crippen LogP contribution in [0.1, 0.15) is 25.8 Å². The van der Waals surface area contributed by atoms with Gasteiger partial charge in [0.05, 0.1) is 14.0 Å². The van der Waals surface area contributed by atoms with E-state index in [2.05, 4.69) is 31.9 Å². The van der Waals surface area contributed by atoms with Gasteiger partial charge in [-0.15, -0.1) is 11.3 Å². The van der Waals surface area contributed by atoms with Crippen molar-refractivity contribution in [2.24, 2.45) is 0 Å². The molecule has 0 radical (unpaired) electrons. The van der Waals surface area contributed by atoms with Gasteiger partial charge in [-0.1, -0.05) is 13.8 Å². The second-order valence-corrected chi connectivity index (χ2v) is 7.44. The topological polar surface area (TPSA) is 37.3 Å². The minimum absolute atomic E-state index is 0.134. The van der Waals surface area contributed by atoms with E-state index in [9.17, 15) is 4.79 Å². The van der Waals surface area contributed by atoms with Gasteiger partial charge in [-0.3, -0.25) is 4.79 Å². The van der Waals surface area contributed by atoms with Gasteiger partial charge >= 0.3 is 5.97 Å². The van der Waals surface area contributed by atoms with E-state index in [1.165, 1.54) is 0 Å². The lowest BCUT2D eigenvalue weighted by molar-refractivity contribution is -0.138. The summed E-state index contributed by atoms with van der Waals surface area (Å²) < 4.78 is 2.01. The minimum Gasteiger partial charge on any atom is -0.481 e. The smallest absolute Gasteiger partial charge is 0.304 e. The molecule has 2 nitrogen and oxygen atoms in total. The zero-order valence-electron chi connectivity index (χ0n) is 7.80. The van der Waals surface area contributed by atoms with Crippen molar-refractivity contribution in [2.45, 2.75) is 25.7 Å². The third kappa shape index (κ3) is 2.81. The van der Waals surface area contributed by atoms with E-state index >= 15 is 0 Å².